The van der Waals surface area contributed by atoms with Crippen LogP contribution in [0.2, 0.25) is 0 Å². The van der Waals surface area contributed by atoms with E-state index in [0.717, 1.165) is 22.7 Å². The molecule has 1 N–H and O–H groups in total. The fraction of sp³-hybridized carbons (Fsp3) is 0.400. The Morgan fingerprint density at radius 3 is 2.66 bits per heavy atom. The topological polar surface area (TPSA) is 103 Å². The zero-order valence-corrected chi connectivity index (χ0v) is 17.9. The summed E-state index contributed by atoms with van der Waals surface area (Å²) in [4.78, 5) is 44.9. The zero-order valence-electron chi connectivity index (χ0n) is 17.0. The summed E-state index contributed by atoms with van der Waals surface area (Å²) in [6.45, 7) is 7.93. The minimum Gasteiger partial charge on any atom is -0.453 e. The summed E-state index contributed by atoms with van der Waals surface area (Å²) in [5.41, 5.74) is 2.49. The number of ether oxygens (including phenoxy) is 2. The minimum absolute atomic E-state index is 0.277. The first kappa shape index (κ1) is 20.9. The predicted molar refractivity (Wildman–Crippen MR) is 110 cm³/mol. The van der Waals surface area contributed by atoms with Crippen molar-refractivity contribution in [2.45, 2.75) is 34.2 Å². The summed E-state index contributed by atoms with van der Waals surface area (Å²) in [5, 5.41) is 0.376. The largest absolute Gasteiger partial charge is 0.453 e. The number of thiophene rings is 1. The molecule has 0 aromatic carbocycles. The molecule has 0 atom stereocenters. The summed E-state index contributed by atoms with van der Waals surface area (Å²) in [6.07, 6.45) is 0. The minimum atomic E-state index is -0.635. The van der Waals surface area contributed by atoms with Crippen LogP contribution in [0.1, 0.15) is 42.8 Å². The van der Waals surface area contributed by atoms with Gasteiger partial charge in [0, 0.05) is 30.6 Å². The Balaban J connectivity index is 1.77. The quantitative estimate of drug-likeness (QED) is 0.468. The maximum Gasteiger partial charge on any atom is 0.349 e. The van der Waals surface area contributed by atoms with Crippen LogP contribution in [0.5, 0.6) is 0 Å². The summed E-state index contributed by atoms with van der Waals surface area (Å²) in [5.74, 6) is -0.438. The van der Waals surface area contributed by atoms with Gasteiger partial charge >= 0.3 is 5.97 Å². The molecular weight excluding hydrogens is 394 g/mol. The van der Waals surface area contributed by atoms with Crippen molar-refractivity contribution in [3.05, 3.63) is 49.6 Å². The van der Waals surface area contributed by atoms with Gasteiger partial charge in [-0.2, -0.15) is 0 Å². The second kappa shape index (κ2) is 8.30. The van der Waals surface area contributed by atoms with E-state index in [1.54, 1.807) is 27.0 Å². The maximum atomic E-state index is 12.6. The number of hydrogen-bond donors (Lipinski definition) is 1. The van der Waals surface area contributed by atoms with Crippen LogP contribution in [0.25, 0.3) is 10.2 Å². The number of fused-ring (bicyclic) bond motifs is 1. The van der Waals surface area contributed by atoms with E-state index in [1.165, 1.54) is 0 Å². The predicted octanol–water partition coefficient (Wildman–Crippen LogP) is 2.71. The van der Waals surface area contributed by atoms with Crippen molar-refractivity contribution < 1.29 is 19.1 Å². The highest BCUT2D eigenvalue weighted by Gasteiger charge is 2.22. The Morgan fingerprint density at radius 2 is 1.97 bits per heavy atom. The summed E-state index contributed by atoms with van der Waals surface area (Å²) < 4.78 is 12.4. The lowest BCUT2D eigenvalue weighted by Gasteiger charge is -2.09. The molecule has 3 heterocycles. The Hall–Kier alpha value is -2.78. The van der Waals surface area contributed by atoms with Crippen molar-refractivity contribution in [3.63, 3.8) is 0 Å². The SMILES string of the molecule is COCCn1c(C)cc(C(=O)COC(=O)c2sc3nc(C)[nH]c(=O)c3c2C)c1C. The standard InChI is InChI=1S/C20H23N3O5S/c1-10-8-14(12(3)23(10)6-7-27-5)15(24)9-28-20(26)17-11(2)16-18(25)21-13(4)22-19(16)29-17/h8H,6-7,9H2,1-5H3,(H,21,22,25). The normalized spacial score (nSPS) is 11.2. The number of H-pyrrole nitrogens is 1. The average Bonchev–Trinajstić information content (AvgIpc) is 3.14. The molecule has 3 aromatic heterocycles. The molecule has 0 radical (unpaired) electrons. The first-order valence-electron chi connectivity index (χ1n) is 9.10. The molecular formula is C20H23N3O5S. The maximum absolute atomic E-state index is 12.6. The van der Waals surface area contributed by atoms with Crippen LogP contribution in [-0.2, 0) is 16.0 Å². The molecule has 0 aliphatic carbocycles. The van der Waals surface area contributed by atoms with Crippen LogP contribution in [0.15, 0.2) is 10.9 Å². The Labute approximate surface area is 171 Å². The van der Waals surface area contributed by atoms with Gasteiger partial charge in [-0.3, -0.25) is 9.59 Å². The van der Waals surface area contributed by atoms with Crippen molar-refractivity contribution >= 4 is 33.3 Å². The number of nitrogens with zero attached hydrogens (tertiary/aromatic N) is 2. The number of rotatable bonds is 7. The van der Waals surface area contributed by atoms with Crippen molar-refractivity contribution in [3.8, 4) is 0 Å². The number of aromatic nitrogens is 3. The van der Waals surface area contributed by atoms with Crippen LogP contribution >= 0.6 is 11.3 Å². The molecule has 0 unspecified atom stereocenters. The summed E-state index contributed by atoms with van der Waals surface area (Å²) >= 11 is 1.09. The lowest BCUT2D eigenvalue weighted by atomic mass is 10.1. The van der Waals surface area contributed by atoms with Gasteiger partial charge < -0.3 is 19.0 Å². The molecule has 0 bridgehead atoms. The third-order valence-corrected chi connectivity index (χ3v) is 6.00. The van der Waals surface area contributed by atoms with E-state index >= 15 is 0 Å². The van der Waals surface area contributed by atoms with Gasteiger partial charge in [0.15, 0.2) is 6.61 Å². The van der Waals surface area contributed by atoms with E-state index in [2.05, 4.69) is 9.97 Å². The Kier molecular flexibility index (Phi) is 5.99. The molecule has 8 nitrogen and oxygen atoms in total. The molecule has 0 aliphatic rings. The lowest BCUT2D eigenvalue weighted by molar-refractivity contribution is 0.0479. The summed E-state index contributed by atoms with van der Waals surface area (Å²) in [7, 11) is 1.63. The molecule has 0 saturated carbocycles. The van der Waals surface area contributed by atoms with Crippen LogP contribution in [-0.4, -0.2) is 46.6 Å². The number of methoxy groups -OCH3 is 1. The van der Waals surface area contributed by atoms with Gasteiger partial charge in [0.05, 0.1) is 12.0 Å². The van der Waals surface area contributed by atoms with Crippen molar-refractivity contribution in [1.29, 1.82) is 0 Å². The first-order valence-corrected chi connectivity index (χ1v) is 9.92. The van der Waals surface area contributed by atoms with Gasteiger partial charge in [-0.1, -0.05) is 0 Å². The van der Waals surface area contributed by atoms with Crippen molar-refractivity contribution in [2.75, 3.05) is 20.3 Å². The number of nitrogens with one attached hydrogen (secondary N) is 1. The number of aromatic amines is 1. The molecule has 9 heteroatoms. The highest BCUT2D eigenvalue weighted by molar-refractivity contribution is 7.20. The molecule has 29 heavy (non-hydrogen) atoms. The molecule has 0 amide bonds. The van der Waals surface area contributed by atoms with Gasteiger partial charge in [-0.25, -0.2) is 9.78 Å². The van der Waals surface area contributed by atoms with Gasteiger partial charge in [0.25, 0.3) is 5.56 Å². The third kappa shape index (κ3) is 4.01. The van der Waals surface area contributed by atoms with E-state index in [4.69, 9.17) is 9.47 Å². The van der Waals surface area contributed by atoms with E-state index in [-0.39, 0.29) is 22.8 Å². The van der Waals surface area contributed by atoms with Crippen LogP contribution in [0.3, 0.4) is 0 Å². The fourth-order valence-electron chi connectivity index (χ4n) is 3.33. The van der Waals surface area contributed by atoms with Crippen LogP contribution in [0, 0.1) is 27.7 Å². The highest BCUT2D eigenvalue weighted by Crippen LogP contribution is 2.27. The molecule has 154 valence electrons. The van der Waals surface area contributed by atoms with E-state index in [0.29, 0.717) is 40.3 Å². The number of aryl methyl sites for hydroxylation is 3. The fourth-order valence-corrected chi connectivity index (χ4v) is 4.45. The van der Waals surface area contributed by atoms with Crippen molar-refractivity contribution in [2.24, 2.45) is 0 Å². The number of hydrogen-bond acceptors (Lipinski definition) is 7. The van der Waals surface area contributed by atoms with Gasteiger partial charge in [0.2, 0.25) is 5.78 Å². The lowest BCUT2D eigenvalue weighted by Crippen LogP contribution is -2.15. The monoisotopic (exact) mass is 417 g/mol. The number of carbonyl (C=O) groups excluding carboxylic acids is 2. The number of carbonyl (C=O) groups is 2. The van der Waals surface area contributed by atoms with E-state index in [1.807, 2.05) is 18.4 Å². The first-order chi connectivity index (χ1) is 13.7. The molecule has 0 spiro atoms. The molecule has 0 aliphatic heterocycles. The summed E-state index contributed by atoms with van der Waals surface area (Å²) in [6, 6.07) is 1.79. The average molecular weight is 417 g/mol. The third-order valence-electron chi connectivity index (χ3n) is 4.83. The second-order valence-corrected chi connectivity index (χ2v) is 7.82. The van der Waals surface area contributed by atoms with E-state index in [9.17, 15) is 14.4 Å². The van der Waals surface area contributed by atoms with E-state index < -0.39 is 5.97 Å². The van der Waals surface area contributed by atoms with Crippen molar-refractivity contribution in [1.82, 2.24) is 14.5 Å². The molecule has 0 fully saturated rings. The molecule has 3 rings (SSSR count). The molecule has 3 aromatic rings. The van der Waals surface area contributed by atoms with Gasteiger partial charge in [-0.05, 0) is 39.3 Å². The van der Waals surface area contributed by atoms with Crippen LogP contribution < -0.4 is 5.56 Å². The smallest absolute Gasteiger partial charge is 0.349 e. The zero-order chi connectivity index (χ0) is 21.3. The second-order valence-electron chi connectivity index (χ2n) is 6.82. The Bertz CT molecular complexity index is 1160. The highest BCUT2D eigenvalue weighted by atomic mass is 32.1. The Morgan fingerprint density at radius 1 is 1.24 bits per heavy atom. The van der Waals surface area contributed by atoms with Gasteiger partial charge in [-0.15, -0.1) is 11.3 Å². The molecule has 0 saturated heterocycles. The van der Waals surface area contributed by atoms with Gasteiger partial charge in [0.1, 0.15) is 15.5 Å². The number of esters is 1. The number of ketones is 1. The van der Waals surface area contributed by atoms with Crippen LogP contribution in [0.4, 0.5) is 0 Å². The number of Topliss-reactive ketones (excluding diaryl/α,β-unsaturated/α-hetero) is 1.